The molecule has 2 N–H and O–H groups in total. The number of anilines is 1. The summed E-state index contributed by atoms with van der Waals surface area (Å²) in [6.45, 7) is 5.10. The van der Waals surface area contributed by atoms with Gasteiger partial charge in [-0.3, -0.25) is 9.80 Å². The number of carboxylic acids is 1. The number of carboxylic acid groups (broad SMARTS) is 1. The van der Waals surface area contributed by atoms with E-state index in [2.05, 4.69) is 0 Å². The molecule has 0 saturated heterocycles. The maximum Gasteiger partial charge on any atom is 0.416 e. The third-order valence-corrected chi connectivity index (χ3v) is 6.35. The second kappa shape index (κ2) is 11.4. The van der Waals surface area contributed by atoms with E-state index in [1.807, 2.05) is 6.07 Å². The lowest BCUT2D eigenvalue weighted by atomic mass is 9.82. The quantitative estimate of drug-likeness (QED) is 0.463. The predicted molar refractivity (Wildman–Crippen MR) is 137 cm³/mol. The van der Waals surface area contributed by atoms with E-state index >= 15 is 0 Å². The number of nitrogens with zero attached hydrogens (tertiary/aromatic N) is 3. The van der Waals surface area contributed by atoms with Gasteiger partial charge in [-0.05, 0) is 48.2 Å². The van der Waals surface area contributed by atoms with Crippen molar-refractivity contribution in [2.24, 2.45) is 5.41 Å². The molecule has 2 aromatic rings. The number of esters is 1. The van der Waals surface area contributed by atoms with Crippen LogP contribution in [0.4, 0.5) is 23.7 Å². The molecule has 40 heavy (non-hydrogen) atoms. The molecule has 3 rings (SSSR count). The first-order chi connectivity index (χ1) is 18.6. The van der Waals surface area contributed by atoms with Crippen molar-refractivity contribution >= 4 is 23.7 Å². The Balaban J connectivity index is 2.41. The van der Waals surface area contributed by atoms with Gasteiger partial charge in [0.1, 0.15) is 12.6 Å². The van der Waals surface area contributed by atoms with E-state index in [1.54, 1.807) is 20.8 Å². The maximum atomic E-state index is 14.2. The van der Waals surface area contributed by atoms with Crippen LogP contribution in [-0.2, 0) is 20.5 Å². The minimum atomic E-state index is -4.74. The van der Waals surface area contributed by atoms with Crippen LogP contribution in [0.1, 0.15) is 50.4 Å². The Morgan fingerprint density at radius 1 is 1.12 bits per heavy atom. The molecule has 1 unspecified atom stereocenters. The molecule has 1 aliphatic rings. The van der Waals surface area contributed by atoms with Gasteiger partial charge in [-0.2, -0.15) is 18.4 Å². The number of hydrogen-bond acceptors (Lipinski definition) is 6. The molecular formula is C28H28F3N3O6. The van der Waals surface area contributed by atoms with Crippen molar-refractivity contribution in [1.82, 2.24) is 4.90 Å². The summed E-state index contributed by atoms with van der Waals surface area (Å²) in [6.07, 6.45) is -4.74. The van der Waals surface area contributed by atoms with Crippen molar-refractivity contribution in [2.75, 3.05) is 18.1 Å². The summed E-state index contributed by atoms with van der Waals surface area (Å²) in [5, 5.41) is 28.8. The molecular weight excluding hydrogens is 531 g/mol. The lowest BCUT2D eigenvalue weighted by Crippen LogP contribution is -2.60. The van der Waals surface area contributed by atoms with Gasteiger partial charge in [0, 0.05) is 5.70 Å². The highest BCUT2D eigenvalue weighted by Gasteiger charge is 2.51. The molecule has 12 heteroatoms. The molecule has 0 fully saturated rings. The SMILES string of the molecule is CC1=C(C(=O)OCCO)[C@@H](c2ccc(C#N)cc2)N(C(C(=O)O)C(C)(C)C)C(=O)N1c1cccc(C(F)(F)F)c1. The van der Waals surface area contributed by atoms with Gasteiger partial charge in [0.2, 0.25) is 0 Å². The molecule has 0 aromatic heterocycles. The molecule has 0 saturated carbocycles. The molecule has 1 aliphatic heterocycles. The predicted octanol–water partition coefficient (Wildman–Crippen LogP) is 4.87. The van der Waals surface area contributed by atoms with Crippen LogP contribution >= 0.6 is 0 Å². The summed E-state index contributed by atoms with van der Waals surface area (Å²) < 4.78 is 45.9. The van der Waals surface area contributed by atoms with Gasteiger partial charge in [-0.25, -0.2) is 14.4 Å². The molecule has 0 spiro atoms. The van der Waals surface area contributed by atoms with Gasteiger partial charge in [0.25, 0.3) is 0 Å². The third-order valence-electron chi connectivity index (χ3n) is 6.35. The van der Waals surface area contributed by atoms with Crippen LogP contribution in [0.3, 0.4) is 0 Å². The number of amides is 2. The number of halogens is 3. The number of aliphatic hydroxyl groups excluding tert-OH is 1. The Morgan fingerprint density at radius 3 is 2.25 bits per heavy atom. The van der Waals surface area contributed by atoms with Crippen LogP contribution in [-0.4, -0.2) is 52.3 Å². The number of carbonyl (C=O) groups excluding carboxylic acids is 2. The first kappa shape index (κ1) is 30.2. The topological polar surface area (TPSA) is 131 Å². The van der Waals surface area contributed by atoms with E-state index < -0.39 is 60.4 Å². The van der Waals surface area contributed by atoms with Crippen molar-refractivity contribution in [3.05, 3.63) is 76.5 Å². The fourth-order valence-corrected chi connectivity index (χ4v) is 4.66. The van der Waals surface area contributed by atoms with E-state index in [0.717, 1.165) is 28.0 Å². The minimum absolute atomic E-state index is 0.0871. The molecule has 9 nitrogen and oxygen atoms in total. The molecule has 2 aromatic carbocycles. The molecule has 1 heterocycles. The standard InChI is InChI=1S/C28H28F3N3O6/c1-16-21(25(38)40-13-12-35)22(18-10-8-17(15-32)9-11-18)34(23(24(36)37)27(2,3)4)26(39)33(16)20-7-5-6-19(14-20)28(29,30)31/h5-11,14,22-23,35H,12-13H2,1-4H3,(H,36,37)/t22-,23?/m1/s1. The normalized spacial score (nSPS) is 17.0. The van der Waals surface area contributed by atoms with Gasteiger partial charge < -0.3 is 14.9 Å². The van der Waals surface area contributed by atoms with Crippen LogP contribution in [0.25, 0.3) is 0 Å². The molecule has 2 amide bonds. The van der Waals surface area contributed by atoms with E-state index in [4.69, 9.17) is 4.74 Å². The molecule has 2 atom stereocenters. The van der Waals surface area contributed by atoms with Crippen LogP contribution in [0.2, 0.25) is 0 Å². The first-order valence-corrected chi connectivity index (χ1v) is 12.1. The van der Waals surface area contributed by atoms with Gasteiger partial charge in [-0.15, -0.1) is 0 Å². The number of alkyl halides is 3. The van der Waals surface area contributed by atoms with Crippen molar-refractivity contribution in [3.8, 4) is 6.07 Å². The number of hydrogen-bond donors (Lipinski definition) is 2. The molecule has 212 valence electrons. The number of carbonyl (C=O) groups is 3. The number of nitriles is 1. The van der Waals surface area contributed by atoms with Crippen LogP contribution in [0.15, 0.2) is 59.8 Å². The number of benzene rings is 2. The fraction of sp³-hybridized carbons (Fsp3) is 0.357. The highest BCUT2D eigenvalue weighted by atomic mass is 19.4. The monoisotopic (exact) mass is 559 g/mol. The van der Waals surface area contributed by atoms with Gasteiger partial charge in [0.05, 0.1) is 41.1 Å². The second-order valence-corrected chi connectivity index (χ2v) is 10.2. The Bertz CT molecular complexity index is 1370. The van der Waals surface area contributed by atoms with E-state index in [1.165, 1.54) is 37.3 Å². The lowest BCUT2D eigenvalue weighted by Gasteiger charge is -2.48. The molecule has 0 aliphatic carbocycles. The second-order valence-electron chi connectivity index (χ2n) is 10.2. The molecule has 0 radical (unpaired) electrons. The van der Waals surface area contributed by atoms with Crippen molar-refractivity contribution in [3.63, 3.8) is 0 Å². The van der Waals surface area contributed by atoms with E-state index in [0.29, 0.717) is 0 Å². The number of aliphatic carboxylic acids is 1. The average Bonchev–Trinajstić information content (AvgIpc) is 2.87. The first-order valence-electron chi connectivity index (χ1n) is 12.1. The summed E-state index contributed by atoms with van der Waals surface area (Å²) in [7, 11) is 0. The van der Waals surface area contributed by atoms with Gasteiger partial charge in [0.15, 0.2) is 0 Å². The highest BCUT2D eigenvalue weighted by Crippen LogP contribution is 2.44. The lowest BCUT2D eigenvalue weighted by molar-refractivity contribution is -0.148. The number of urea groups is 1. The summed E-state index contributed by atoms with van der Waals surface area (Å²) in [4.78, 5) is 42.1. The number of rotatable bonds is 7. The Labute approximate surface area is 228 Å². The fourth-order valence-electron chi connectivity index (χ4n) is 4.66. The maximum absolute atomic E-state index is 14.2. The average molecular weight is 560 g/mol. The Hall–Kier alpha value is -4.37. The summed E-state index contributed by atoms with van der Waals surface area (Å²) >= 11 is 0. The van der Waals surface area contributed by atoms with Crippen molar-refractivity contribution in [1.29, 1.82) is 5.26 Å². The zero-order chi connectivity index (χ0) is 30.0. The largest absolute Gasteiger partial charge is 0.480 e. The smallest absolute Gasteiger partial charge is 0.416 e. The summed E-state index contributed by atoms with van der Waals surface area (Å²) in [5.41, 5.74) is -2.19. The third kappa shape index (κ3) is 5.94. The van der Waals surface area contributed by atoms with Crippen molar-refractivity contribution in [2.45, 2.75) is 46.0 Å². The van der Waals surface area contributed by atoms with Crippen LogP contribution < -0.4 is 4.90 Å². The van der Waals surface area contributed by atoms with Crippen LogP contribution in [0.5, 0.6) is 0 Å². The number of allylic oxidation sites excluding steroid dienone is 1. The number of aliphatic hydroxyl groups is 1. The summed E-state index contributed by atoms with van der Waals surface area (Å²) in [6, 6.07) is 7.70. The Kier molecular flexibility index (Phi) is 8.60. The minimum Gasteiger partial charge on any atom is -0.480 e. The number of ether oxygens (including phenoxy) is 1. The summed E-state index contributed by atoms with van der Waals surface area (Å²) in [5.74, 6) is -2.42. The van der Waals surface area contributed by atoms with Crippen LogP contribution in [0, 0.1) is 16.7 Å². The Morgan fingerprint density at radius 2 is 1.75 bits per heavy atom. The van der Waals surface area contributed by atoms with Gasteiger partial charge in [-0.1, -0.05) is 39.0 Å². The zero-order valence-electron chi connectivity index (χ0n) is 22.2. The highest BCUT2D eigenvalue weighted by molar-refractivity contribution is 6.04. The van der Waals surface area contributed by atoms with Gasteiger partial charge >= 0.3 is 24.1 Å². The van der Waals surface area contributed by atoms with E-state index in [-0.39, 0.29) is 28.1 Å². The zero-order valence-corrected chi connectivity index (χ0v) is 22.2. The van der Waals surface area contributed by atoms with Crippen molar-refractivity contribution < 1.29 is 42.5 Å². The molecule has 0 bridgehead atoms. The van der Waals surface area contributed by atoms with E-state index in [9.17, 15) is 43.0 Å².